The van der Waals surface area contributed by atoms with Gasteiger partial charge in [-0.1, -0.05) is 0 Å². The Kier molecular flexibility index (Phi) is 6.02. The average Bonchev–Trinajstić information content (AvgIpc) is 2.96. The molecule has 0 aliphatic carbocycles. The molecule has 2 aromatic rings. The van der Waals surface area contributed by atoms with Crippen LogP contribution in [-0.4, -0.2) is 32.0 Å². The second-order valence-corrected chi connectivity index (χ2v) is 7.22. The highest BCUT2D eigenvalue weighted by molar-refractivity contribution is 9.10. The highest BCUT2D eigenvalue weighted by atomic mass is 79.9. The molecule has 0 spiro atoms. The van der Waals surface area contributed by atoms with Gasteiger partial charge in [-0.05, 0) is 66.0 Å². The van der Waals surface area contributed by atoms with Gasteiger partial charge in [0.1, 0.15) is 6.04 Å². The molecule has 0 aromatic carbocycles. The zero-order chi connectivity index (χ0) is 17.1. The van der Waals surface area contributed by atoms with E-state index in [1.807, 2.05) is 38.6 Å². The third-order valence-electron chi connectivity index (χ3n) is 3.73. The SMILES string of the molecule is Cc1nn(CCCNC(=O)C(C)n2nc(C)c(Br)c2C)cc1Br. The number of nitrogens with zero attached hydrogens (tertiary/aromatic N) is 4. The molecule has 0 saturated heterocycles. The van der Waals surface area contributed by atoms with Gasteiger partial charge in [-0.2, -0.15) is 10.2 Å². The summed E-state index contributed by atoms with van der Waals surface area (Å²) in [6.07, 6.45) is 2.78. The number of nitrogens with one attached hydrogen (secondary N) is 1. The van der Waals surface area contributed by atoms with Crippen molar-refractivity contribution in [3.8, 4) is 0 Å². The Bertz CT molecular complexity index is 688. The molecule has 1 unspecified atom stereocenters. The first-order chi connectivity index (χ1) is 10.8. The second kappa shape index (κ2) is 7.61. The van der Waals surface area contributed by atoms with Gasteiger partial charge in [-0.3, -0.25) is 14.2 Å². The van der Waals surface area contributed by atoms with Crippen LogP contribution >= 0.6 is 31.9 Å². The van der Waals surface area contributed by atoms with Gasteiger partial charge >= 0.3 is 0 Å². The van der Waals surface area contributed by atoms with E-state index >= 15 is 0 Å². The van der Waals surface area contributed by atoms with Crippen molar-refractivity contribution in [3.63, 3.8) is 0 Å². The largest absolute Gasteiger partial charge is 0.354 e. The fourth-order valence-electron chi connectivity index (χ4n) is 2.34. The van der Waals surface area contributed by atoms with E-state index in [4.69, 9.17) is 0 Å². The van der Waals surface area contributed by atoms with Crippen LogP contribution in [0.4, 0.5) is 0 Å². The third-order valence-corrected chi connectivity index (χ3v) is 5.66. The van der Waals surface area contributed by atoms with Gasteiger partial charge in [-0.25, -0.2) is 0 Å². The number of halogens is 2. The first kappa shape index (κ1) is 18.2. The van der Waals surface area contributed by atoms with Crippen LogP contribution in [0, 0.1) is 20.8 Å². The molecule has 0 bridgehead atoms. The Hall–Kier alpha value is -1.15. The highest BCUT2D eigenvalue weighted by Gasteiger charge is 2.19. The molecule has 0 aliphatic rings. The summed E-state index contributed by atoms with van der Waals surface area (Å²) in [7, 11) is 0. The normalized spacial score (nSPS) is 12.4. The van der Waals surface area contributed by atoms with E-state index in [0.29, 0.717) is 6.54 Å². The Balaban J connectivity index is 1.83. The molecule has 0 radical (unpaired) electrons. The van der Waals surface area contributed by atoms with E-state index in [0.717, 1.165) is 39.0 Å². The molecule has 0 saturated carbocycles. The number of aryl methyl sites for hydroxylation is 3. The fourth-order valence-corrected chi connectivity index (χ4v) is 2.92. The van der Waals surface area contributed by atoms with Crippen LogP contribution in [0.15, 0.2) is 15.1 Å². The summed E-state index contributed by atoms with van der Waals surface area (Å²) in [6, 6.07) is -0.332. The van der Waals surface area contributed by atoms with Crippen LogP contribution < -0.4 is 5.32 Å². The van der Waals surface area contributed by atoms with Crippen molar-refractivity contribution in [2.24, 2.45) is 0 Å². The summed E-state index contributed by atoms with van der Waals surface area (Å²) in [6.45, 7) is 9.06. The molecule has 8 heteroatoms. The van der Waals surface area contributed by atoms with E-state index in [1.165, 1.54) is 0 Å². The zero-order valence-corrected chi connectivity index (χ0v) is 16.9. The molecule has 1 amide bonds. The van der Waals surface area contributed by atoms with Crippen LogP contribution in [0.2, 0.25) is 0 Å². The molecule has 6 nitrogen and oxygen atoms in total. The summed E-state index contributed by atoms with van der Waals surface area (Å²) in [4.78, 5) is 12.3. The van der Waals surface area contributed by atoms with Crippen molar-refractivity contribution in [2.45, 2.75) is 46.7 Å². The molecule has 126 valence electrons. The van der Waals surface area contributed by atoms with Gasteiger partial charge in [0.2, 0.25) is 5.91 Å². The molecule has 23 heavy (non-hydrogen) atoms. The lowest BCUT2D eigenvalue weighted by Crippen LogP contribution is -2.33. The van der Waals surface area contributed by atoms with Crippen molar-refractivity contribution in [1.82, 2.24) is 24.9 Å². The lowest BCUT2D eigenvalue weighted by molar-refractivity contribution is -0.124. The number of amides is 1. The number of rotatable bonds is 6. The summed E-state index contributed by atoms with van der Waals surface area (Å²) >= 11 is 6.93. The van der Waals surface area contributed by atoms with E-state index in [1.54, 1.807) is 4.68 Å². The number of carbonyl (C=O) groups is 1. The third kappa shape index (κ3) is 4.23. The van der Waals surface area contributed by atoms with Crippen LogP contribution in [0.3, 0.4) is 0 Å². The minimum atomic E-state index is -0.332. The quantitative estimate of drug-likeness (QED) is 0.692. The Morgan fingerprint density at radius 1 is 1.26 bits per heavy atom. The van der Waals surface area contributed by atoms with Crippen LogP contribution in [0.25, 0.3) is 0 Å². The number of hydrogen-bond donors (Lipinski definition) is 1. The van der Waals surface area contributed by atoms with E-state index in [9.17, 15) is 4.79 Å². The van der Waals surface area contributed by atoms with Crippen molar-refractivity contribution in [2.75, 3.05) is 6.54 Å². The minimum Gasteiger partial charge on any atom is -0.354 e. The maximum absolute atomic E-state index is 12.3. The van der Waals surface area contributed by atoms with Crippen molar-refractivity contribution in [3.05, 3.63) is 32.2 Å². The Morgan fingerprint density at radius 2 is 1.96 bits per heavy atom. The van der Waals surface area contributed by atoms with Gasteiger partial charge in [0.25, 0.3) is 0 Å². The van der Waals surface area contributed by atoms with Gasteiger partial charge < -0.3 is 5.32 Å². The van der Waals surface area contributed by atoms with Gasteiger partial charge in [0.05, 0.1) is 26.0 Å². The summed E-state index contributed by atoms with van der Waals surface area (Å²) in [5.74, 6) is -0.0269. The standard InChI is InChI=1S/C15H21Br2N5O/c1-9-13(16)8-21(19-9)7-5-6-18-15(23)12(4)22-11(3)14(17)10(2)20-22/h8,12H,5-7H2,1-4H3,(H,18,23). The Labute approximate surface area is 152 Å². The van der Waals surface area contributed by atoms with Gasteiger partial charge in [0.15, 0.2) is 0 Å². The smallest absolute Gasteiger partial charge is 0.244 e. The molecule has 2 rings (SSSR count). The van der Waals surface area contributed by atoms with Gasteiger partial charge in [0, 0.05) is 19.3 Å². The molecule has 1 N–H and O–H groups in total. The zero-order valence-electron chi connectivity index (χ0n) is 13.7. The molecule has 1 atom stereocenters. The highest BCUT2D eigenvalue weighted by Crippen LogP contribution is 2.22. The van der Waals surface area contributed by atoms with Gasteiger partial charge in [-0.15, -0.1) is 0 Å². The van der Waals surface area contributed by atoms with Crippen molar-refractivity contribution in [1.29, 1.82) is 0 Å². The minimum absolute atomic E-state index is 0.0269. The maximum Gasteiger partial charge on any atom is 0.244 e. The Morgan fingerprint density at radius 3 is 2.48 bits per heavy atom. The van der Waals surface area contributed by atoms with E-state index in [-0.39, 0.29) is 11.9 Å². The molecule has 2 aromatic heterocycles. The topological polar surface area (TPSA) is 64.7 Å². The number of aromatic nitrogens is 4. The van der Waals surface area contributed by atoms with Crippen molar-refractivity contribution < 1.29 is 4.79 Å². The lowest BCUT2D eigenvalue weighted by Gasteiger charge is -2.14. The monoisotopic (exact) mass is 445 g/mol. The molecular formula is C15H21Br2N5O. The molecular weight excluding hydrogens is 426 g/mol. The number of hydrogen-bond acceptors (Lipinski definition) is 3. The first-order valence-electron chi connectivity index (χ1n) is 7.49. The average molecular weight is 447 g/mol. The van der Waals surface area contributed by atoms with Crippen LogP contribution in [-0.2, 0) is 11.3 Å². The van der Waals surface area contributed by atoms with Crippen molar-refractivity contribution >= 4 is 37.8 Å². The molecule has 0 fully saturated rings. The summed E-state index contributed by atoms with van der Waals surface area (Å²) < 4.78 is 5.59. The predicted molar refractivity (Wildman–Crippen MR) is 96.4 cm³/mol. The number of carbonyl (C=O) groups excluding carboxylic acids is 1. The predicted octanol–water partition coefficient (Wildman–Crippen LogP) is 3.30. The summed E-state index contributed by atoms with van der Waals surface area (Å²) in [5.41, 5.74) is 2.82. The second-order valence-electron chi connectivity index (χ2n) is 5.58. The van der Waals surface area contributed by atoms with E-state index < -0.39 is 0 Å². The first-order valence-corrected chi connectivity index (χ1v) is 9.08. The van der Waals surface area contributed by atoms with E-state index in [2.05, 4.69) is 47.4 Å². The molecule has 0 aliphatic heterocycles. The van der Waals surface area contributed by atoms with Crippen LogP contribution in [0.1, 0.15) is 36.5 Å². The molecule has 2 heterocycles. The van der Waals surface area contributed by atoms with Crippen LogP contribution in [0.5, 0.6) is 0 Å². The maximum atomic E-state index is 12.3. The lowest BCUT2D eigenvalue weighted by atomic mass is 10.3. The fraction of sp³-hybridized carbons (Fsp3) is 0.533. The summed E-state index contributed by atoms with van der Waals surface area (Å²) in [5, 5.41) is 11.7.